The summed E-state index contributed by atoms with van der Waals surface area (Å²) in [6.45, 7) is 6.13. The van der Waals surface area contributed by atoms with Crippen LogP contribution in [0.5, 0.6) is 0 Å². The topological polar surface area (TPSA) is 439 Å². The largest absolute Gasteiger partial charge is 0.481 e. The lowest BCUT2D eigenvalue weighted by Crippen LogP contribution is -2.60. The summed E-state index contributed by atoms with van der Waals surface area (Å²) in [5, 5.41) is 60.0. The van der Waals surface area contributed by atoms with Crippen LogP contribution in [0.25, 0.3) is 0 Å². The van der Waals surface area contributed by atoms with E-state index in [0.29, 0.717) is 19.3 Å². The summed E-state index contributed by atoms with van der Waals surface area (Å²) in [4.78, 5) is 138. The molecule has 0 aliphatic heterocycles. The van der Waals surface area contributed by atoms with Gasteiger partial charge in [-0.1, -0.05) is 42.4 Å². The van der Waals surface area contributed by atoms with Crippen LogP contribution < -0.4 is 49.1 Å². The molecule has 0 spiro atoms. The third-order valence-electron chi connectivity index (χ3n) is 8.08. The molecule has 0 unspecified atom stereocenters. The molecule has 17 N–H and O–H groups in total. The molecule has 0 aromatic rings. The van der Waals surface area contributed by atoms with Crippen LogP contribution in [0.1, 0.15) is 85.0 Å². The maximum atomic E-state index is 13.8. The van der Waals surface area contributed by atoms with Crippen molar-refractivity contribution in [3.8, 4) is 0 Å². The van der Waals surface area contributed by atoms with Crippen molar-refractivity contribution in [3.05, 3.63) is 0 Å². The summed E-state index contributed by atoms with van der Waals surface area (Å²) in [5.41, 5.74) is 16.6. The molecule has 25 nitrogen and oxygen atoms in total. The molecular weight excluding hydrogens is 867 g/mol. The molecule has 0 radical (unpaired) electrons. The van der Waals surface area contributed by atoms with Gasteiger partial charge in [-0.2, -0.15) is 0 Å². The summed E-state index contributed by atoms with van der Waals surface area (Å²) >= 11 is 0. The quantitative estimate of drug-likeness (QED) is 0.0231. The van der Waals surface area contributed by atoms with Crippen LogP contribution in [0.4, 0.5) is 0 Å². The Bertz CT molecular complexity index is 1600. The predicted molar refractivity (Wildman–Crippen MR) is 222 cm³/mol. The summed E-state index contributed by atoms with van der Waals surface area (Å²) in [7, 11) is 2.56. The minimum absolute atomic E-state index is 0.0388. The highest BCUT2D eigenvalue weighted by molar-refractivity contribution is 8.77. The van der Waals surface area contributed by atoms with Crippen molar-refractivity contribution in [3.63, 3.8) is 0 Å². The van der Waals surface area contributed by atoms with Crippen molar-refractivity contribution in [2.45, 2.75) is 132 Å². The molecule has 0 bridgehead atoms. The lowest BCUT2D eigenvalue weighted by Gasteiger charge is -2.27. The first-order valence-electron chi connectivity index (χ1n) is 19.2. The number of carboxylic acid groups (broad SMARTS) is 5. The maximum absolute atomic E-state index is 13.8. The van der Waals surface area contributed by atoms with E-state index in [4.69, 9.17) is 22.3 Å². The molecule has 0 aliphatic rings. The van der Waals surface area contributed by atoms with Crippen molar-refractivity contribution in [1.82, 2.24) is 31.9 Å². The molecule has 0 saturated heterocycles. The summed E-state index contributed by atoms with van der Waals surface area (Å²) < 4.78 is -0.302. The monoisotopic (exact) mass is 925 g/mol. The molecule has 27 heteroatoms. The second-order valence-electron chi connectivity index (χ2n) is 14.8. The third-order valence-corrected chi connectivity index (χ3v) is 11.4. The zero-order valence-electron chi connectivity index (χ0n) is 34.5. The first kappa shape index (κ1) is 56.8. The SMILES string of the molecule is CC(C)(C)SSC[C@H](NC(=O)[C@H](CCCCN)NC(=O)[C@H](CC(=O)O)NC(=O)[C@H](CC(=O)O)NC(=O)[C@H](CC(=O)O)NC(=O)[C@@H](N)CC(=O)O)C(=O)N[C@@H](CCCCN)C(=O)O. The fourth-order valence-corrected chi connectivity index (χ4v) is 7.51. The first-order valence-corrected chi connectivity index (χ1v) is 21.5. The van der Waals surface area contributed by atoms with Gasteiger partial charge in [0, 0.05) is 10.5 Å². The van der Waals surface area contributed by atoms with E-state index in [-0.39, 0.29) is 42.9 Å². The van der Waals surface area contributed by atoms with Crippen LogP contribution in [0.15, 0.2) is 0 Å². The molecule has 7 atom stereocenters. The molecule has 0 aromatic carbocycles. The van der Waals surface area contributed by atoms with Crippen LogP contribution in [-0.2, 0) is 52.7 Å². The average molecular weight is 926 g/mol. The third kappa shape index (κ3) is 24.9. The number of carboxylic acids is 5. The van der Waals surface area contributed by atoms with Crippen molar-refractivity contribution in [1.29, 1.82) is 0 Å². The molecule has 6 amide bonds. The standard InChI is InChI=1S/C35H59N9O16S2/c1-35(2,3)62-61-16-23(33(58)40-19(34(59)60)9-5-7-11-37)44-29(54)18(8-4-6-10-36)39-30(55)21(14-26(49)50)42-32(57)22(15-27(51)52)43-31(56)20(13-25(47)48)41-28(53)17(38)12-24(45)46/h17-23H,4-16,36-38H2,1-3H3,(H,39,55)(H,40,58)(H,41,53)(H,42,57)(H,43,56)(H,44,54)(H,45,46)(H,47,48)(H,49,50)(H,51,52)(H,59,60)/t17-,18-,19-,20-,21-,22-,23-/m0/s1. The van der Waals surface area contributed by atoms with Gasteiger partial charge in [-0.25, -0.2) is 4.79 Å². The number of hydrogen-bond donors (Lipinski definition) is 14. The Kier molecular flexibility index (Phi) is 26.7. The summed E-state index contributed by atoms with van der Waals surface area (Å²) in [6, 6.07) is -12.2. The Hall–Kier alpha value is -5.25. The van der Waals surface area contributed by atoms with Gasteiger partial charge in [0.05, 0.1) is 31.7 Å². The van der Waals surface area contributed by atoms with Gasteiger partial charge < -0.3 is 74.6 Å². The normalized spacial score (nSPS) is 14.5. The minimum Gasteiger partial charge on any atom is -0.481 e. The number of amides is 6. The van der Waals surface area contributed by atoms with Crippen molar-refractivity contribution >= 4 is 86.9 Å². The number of rotatable bonds is 32. The number of aliphatic carboxylic acids is 5. The van der Waals surface area contributed by atoms with E-state index in [0.717, 1.165) is 0 Å². The molecule has 0 fully saturated rings. The van der Waals surface area contributed by atoms with E-state index >= 15 is 0 Å². The van der Waals surface area contributed by atoms with E-state index in [2.05, 4.69) is 16.0 Å². The smallest absolute Gasteiger partial charge is 0.326 e. The van der Waals surface area contributed by atoms with Crippen LogP contribution >= 0.6 is 21.6 Å². The van der Waals surface area contributed by atoms with Crippen molar-refractivity contribution in [2.75, 3.05) is 18.8 Å². The predicted octanol–water partition coefficient (Wildman–Crippen LogP) is -3.36. The van der Waals surface area contributed by atoms with Gasteiger partial charge in [0.1, 0.15) is 36.3 Å². The summed E-state index contributed by atoms with van der Waals surface area (Å²) in [5.74, 6) is -15.3. The van der Waals surface area contributed by atoms with Gasteiger partial charge in [-0.15, -0.1) is 0 Å². The van der Waals surface area contributed by atoms with Gasteiger partial charge in [0.25, 0.3) is 0 Å². The fourth-order valence-electron chi connectivity index (χ4n) is 5.05. The number of hydrogen-bond acceptors (Lipinski definition) is 16. The fraction of sp³-hybridized carbons (Fsp3) is 0.686. The number of unbranched alkanes of at least 4 members (excludes halogenated alkanes) is 2. The zero-order valence-corrected chi connectivity index (χ0v) is 36.1. The first-order chi connectivity index (χ1) is 28.8. The van der Waals surface area contributed by atoms with Crippen LogP contribution in [-0.4, -0.2) is 157 Å². The second kappa shape index (κ2) is 29.1. The lowest BCUT2D eigenvalue weighted by atomic mass is 10.1. The highest BCUT2D eigenvalue weighted by Crippen LogP contribution is 2.35. The van der Waals surface area contributed by atoms with Gasteiger partial charge in [-0.3, -0.25) is 47.9 Å². The van der Waals surface area contributed by atoms with Crippen molar-refractivity contribution in [2.24, 2.45) is 17.2 Å². The molecule has 352 valence electrons. The number of nitrogens with one attached hydrogen (secondary N) is 6. The van der Waals surface area contributed by atoms with E-state index in [1.165, 1.54) is 21.6 Å². The molecule has 0 rings (SSSR count). The molecular formula is C35H59N9O16S2. The molecule has 0 aliphatic carbocycles. The van der Waals surface area contributed by atoms with Crippen LogP contribution in [0.2, 0.25) is 0 Å². The molecule has 62 heavy (non-hydrogen) atoms. The molecule has 0 aromatic heterocycles. The van der Waals surface area contributed by atoms with Crippen molar-refractivity contribution < 1.29 is 78.3 Å². The average Bonchev–Trinajstić information content (AvgIpc) is 3.14. The summed E-state index contributed by atoms with van der Waals surface area (Å²) in [6.07, 6.45) is -3.14. The highest BCUT2D eigenvalue weighted by Gasteiger charge is 2.36. The highest BCUT2D eigenvalue weighted by atomic mass is 33.1. The van der Waals surface area contributed by atoms with Gasteiger partial charge in [0.15, 0.2) is 0 Å². The minimum atomic E-state index is -2.14. The van der Waals surface area contributed by atoms with Crippen LogP contribution in [0.3, 0.4) is 0 Å². The van der Waals surface area contributed by atoms with E-state index in [1.807, 2.05) is 36.7 Å². The van der Waals surface area contributed by atoms with Gasteiger partial charge in [-0.05, 0) is 51.6 Å². The molecule has 0 saturated carbocycles. The number of nitrogens with two attached hydrogens (primary N) is 3. The van der Waals surface area contributed by atoms with E-state index in [1.54, 1.807) is 0 Å². The Labute approximate surface area is 364 Å². The Morgan fingerprint density at radius 2 is 0.790 bits per heavy atom. The van der Waals surface area contributed by atoms with E-state index < -0.39 is 133 Å². The number of carbonyl (C=O) groups is 11. The maximum Gasteiger partial charge on any atom is 0.326 e. The van der Waals surface area contributed by atoms with E-state index in [9.17, 15) is 73.2 Å². The Balaban J connectivity index is 6.55. The van der Waals surface area contributed by atoms with Gasteiger partial charge in [0.2, 0.25) is 35.4 Å². The Morgan fingerprint density at radius 1 is 0.468 bits per heavy atom. The lowest BCUT2D eigenvalue weighted by molar-refractivity contribution is -0.144. The van der Waals surface area contributed by atoms with Gasteiger partial charge >= 0.3 is 29.8 Å². The Morgan fingerprint density at radius 3 is 1.16 bits per heavy atom. The zero-order chi connectivity index (χ0) is 47.7. The second-order valence-corrected chi connectivity index (χ2v) is 17.9. The van der Waals surface area contributed by atoms with Crippen LogP contribution in [0, 0.1) is 0 Å². The number of carbonyl (C=O) groups excluding carboxylic acids is 6. The molecule has 0 heterocycles.